The number of hydrogen-bond donors (Lipinski definition) is 1. The van der Waals surface area contributed by atoms with Gasteiger partial charge in [-0.3, -0.25) is 4.90 Å². The van der Waals surface area contributed by atoms with E-state index in [0.717, 1.165) is 24.5 Å². The van der Waals surface area contributed by atoms with Crippen molar-refractivity contribution in [2.75, 3.05) is 40.8 Å². The van der Waals surface area contributed by atoms with Crippen LogP contribution in [0, 0.1) is 0 Å². The number of benzene rings is 1. The molecule has 1 unspecified atom stereocenters. The zero-order valence-corrected chi connectivity index (χ0v) is 12.3. The van der Waals surface area contributed by atoms with Gasteiger partial charge in [0.2, 0.25) is 0 Å². The third-order valence-corrected chi connectivity index (χ3v) is 3.38. The van der Waals surface area contributed by atoms with Crippen LogP contribution in [-0.2, 0) is 0 Å². The van der Waals surface area contributed by atoms with Gasteiger partial charge in [-0.05, 0) is 58.3 Å². The molecule has 102 valence electrons. The molecule has 0 bridgehead atoms. The number of rotatable bonds is 7. The first kappa shape index (κ1) is 15.4. The topological polar surface area (TPSA) is 32.5 Å². The number of hydrogen-bond acceptors (Lipinski definition) is 3. The second-order valence-electron chi connectivity index (χ2n) is 4.94. The summed E-state index contributed by atoms with van der Waals surface area (Å²) in [6, 6.07) is 8.23. The molecule has 1 aromatic carbocycles. The smallest absolute Gasteiger partial charge is 0.0467 e. The summed E-state index contributed by atoms with van der Waals surface area (Å²) in [5.41, 5.74) is 7.12. The first-order valence-corrected chi connectivity index (χ1v) is 6.73. The number of halogens is 1. The zero-order valence-electron chi connectivity index (χ0n) is 11.6. The highest BCUT2D eigenvalue weighted by Crippen LogP contribution is 2.20. The van der Waals surface area contributed by atoms with Crippen molar-refractivity contribution in [2.24, 2.45) is 5.73 Å². The van der Waals surface area contributed by atoms with E-state index in [1.165, 1.54) is 5.56 Å². The highest BCUT2D eigenvalue weighted by atomic mass is 35.5. The maximum atomic E-state index is 5.91. The van der Waals surface area contributed by atoms with Gasteiger partial charge < -0.3 is 10.6 Å². The molecule has 0 aromatic heterocycles. The van der Waals surface area contributed by atoms with E-state index in [1.54, 1.807) is 0 Å². The van der Waals surface area contributed by atoms with E-state index in [2.05, 4.69) is 43.1 Å². The average molecular weight is 270 g/mol. The summed E-state index contributed by atoms with van der Waals surface area (Å²) in [4.78, 5) is 4.51. The van der Waals surface area contributed by atoms with E-state index >= 15 is 0 Å². The Morgan fingerprint density at radius 1 is 1.11 bits per heavy atom. The summed E-state index contributed by atoms with van der Waals surface area (Å²) in [6.07, 6.45) is 1.15. The fourth-order valence-corrected chi connectivity index (χ4v) is 2.17. The van der Waals surface area contributed by atoms with Crippen molar-refractivity contribution in [3.8, 4) is 0 Å². The Labute approximate surface area is 116 Å². The standard InChI is InChI=1S/C14H24ClN3/c1-17(2)9-4-10-18(3)14(11-16)12-5-7-13(15)8-6-12/h5-8,14H,4,9-11,16H2,1-3H3. The van der Waals surface area contributed by atoms with Gasteiger partial charge in [0, 0.05) is 17.6 Å². The Morgan fingerprint density at radius 3 is 2.22 bits per heavy atom. The summed E-state index contributed by atoms with van der Waals surface area (Å²) in [7, 11) is 6.32. The van der Waals surface area contributed by atoms with Gasteiger partial charge in [-0.15, -0.1) is 0 Å². The molecule has 2 N–H and O–H groups in total. The fourth-order valence-electron chi connectivity index (χ4n) is 2.05. The molecule has 3 nitrogen and oxygen atoms in total. The van der Waals surface area contributed by atoms with Crippen molar-refractivity contribution >= 4 is 11.6 Å². The van der Waals surface area contributed by atoms with Crippen LogP contribution in [0.3, 0.4) is 0 Å². The molecule has 1 atom stereocenters. The molecule has 0 saturated heterocycles. The predicted octanol–water partition coefficient (Wildman–Crippen LogP) is 2.22. The molecule has 0 saturated carbocycles. The van der Waals surface area contributed by atoms with Crippen LogP contribution < -0.4 is 5.73 Å². The normalized spacial score (nSPS) is 13.3. The van der Waals surface area contributed by atoms with Crippen LogP contribution in [0.2, 0.25) is 5.02 Å². The van der Waals surface area contributed by atoms with E-state index in [0.29, 0.717) is 6.54 Å². The van der Waals surface area contributed by atoms with Crippen LogP contribution in [0.15, 0.2) is 24.3 Å². The molecule has 4 heteroatoms. The highest BCUT2D eigenvalue weighted by Gasteiger charge is 2.14. The van der Waals surface area contributed by atoms with Crippen molar-refractivity contribution < 1.29 is 0 Å². The monoisotopic (exact) mass is 269 g/mol. The molecule has 0 aliphatic heterocycles. The van der Waals surface area contributed by atoms with Gasteiger partial charge in [0.05, 0.1) is 0 Å². The Balaban J connectivity index is 2.56. The summed E-state index contributed by atoms with van der Waals surface area (Å²) < 4.78 is 0. The third kappa shape index (κ3) is 4.94. The Bertz CT molecular complexity index is 337. The quantitative estimate of drug-likeness (QED) is 0.824. The number of likely N-dealkylation sites (N-methyl/N-ethyl adjacent to an activating group) is 1. The summed E-state index contributed by atoms with van der Waals surface area (Å²) in [5.74, 6) is 0. The molecule has 0 amide bonds. The van der Waals surface area contributed by atoms with Crippen LogP contribution >= 0.6 is 11.6 Å². The van der Waals surface area contributed by atoms with Crippen LogP contribution in [0.5, 0.6) is 0 Å². The number of nitrogens with two attached hydrogens (primary N) is 1. The molecule has 1 aromatic rings. The third-order valence-electron chi connectivity index (χ3n) is 3.13. The lowest BCUT2D eigenvalue weighted by atomic mass is 10.1. The average Bonchev–Trinajstić information content (AvgIpc) is 2.32. The first-order valence-electron chi connectivity index (χ1n) is 6.35. The van der Waals surface area contributed by atoms with E-state index in [9.17, 15) is 0 Å². The largest absolute Gasteiger partial charge is 0.329 e. The fraction of sp³-hybridized carbons (Fsp3) is 0.571. The predicted molar refractivity (Wildman–Crippen MR) is 79.0 cm³/mol. The van der Waals surface area contributed by atoms with Crippen molar-refractivity contribution in [3.63, 3.8) is 0 Å². The molecule has 0 radical (unpaired) electrons. The van der Waals surface area contributed by atoms with Gasteiger partial charge in [0.1, 0.15) is 0 Å². The van der Waals surface area contributed by atoms with Crippen LogP contribution in [0.4, 0.5) is 0 Å². The van der Waals surface area contributed by atoms with Crippen LogP contribution in [-0.4, -0.2) is 50.6 Å². The molecule has 0 fully saturated rings. The molecular formula is C14H24ClN3. The second-order valence-corrected chi connectivity index (χ2v) is 5.38. The van der Waals surface area contributed by atoms with Gasteiger partial charge in [0.15, 0.2) is 0 Å². The van der Waals surface area contributed by atoms with Crippen molar-refractivity contribution in [1.82, 2.24) is 9.80 Å². The first-order chi connectivity index (χ1) is 8.54. The SMILES string of the molecule is CN(C)CCCN(C)C(CN)c1ccc(Cl)cc1. The molecule has 0 aliphatic rings. The lowest BCUT2D eigenvalue weighted by molar-refractivity contribution is 0.235. The minimum atomic E-state index is 0.268. The maximum absolute atomic E-state index is 5.91. The summed E-state index contributed by atoms with van der Waals surface area (Å²) in [5, 5.41) is 0.768. The lowest BCUT2D eigenvalue weighted by Gasteiger charge is -2.27. The zero-order chi connectivity index (χ0) is 13.5. The maximum Gasteiger partial charge on any atom is 0.0467 e. The molecule has 0 heterocycles. The van der Waals surface area contributed by atoms with Crippen molar-refractivity contribution in [2.45, 2.75) is 12.5 Å². The van der Waals surface area contributed by atoms with Gasteiger partial charge >= 0.3 is 0 Å². The Hall–Kier alpha value is -0.610. The molecule has 0 aliphatic carbocycles. The van der Waals surface area contributed by atoms with Crippen LogP contribution in [0.1, 0.15) is 18.0 Å². The summed E-state index contributed by atoms with van der Waals surface area (Å²) in [6.45, 7) is 2.77. The highest BCUT2D eigenvalue weighted by molar-refractivity contribution is 6.30. The van der Waals surface area contributed by atoms with E-state index < -0.39 is 0 Å². The molecular weight excluding hydrogens is 246 g/mol. The summed E-state index contributed by atoms with van der Waals surface area (Å²) >= 11 is 5.91. The van der Waals surface area contributed by atoms with Gasteiger partial charge in [-0.2, -0.15) is 0 Å². The molecule has 1 rings (SSSR count). The van der Waals surface area contributed by atoms with E-state index in [4.69, 9.17) is 17.3 Å². The Kier molecular flexibility index (Phi) is 6.65. The van der Waals surface area contributed by atoms with Crippen molar-refractivity contribution in [3.05, 3.63) is 34.9 Å². The van der Waals surface area contributed by atoms with E-state index in [1.807, 2.05) is 12.1 Å². The van der Waals surface area contributed by atoms with Gasteiger partial charge in [0.25, 0.3) is 0 Å². The number of nitrogens with zero attached hydrogens (tertiary/aromatic N) is 2. The Morgan fingerprint density at radius 2 is 1.72 bits per heavy atom. The minimum Gasteiger partial charge on any atom is -0.329 e. The minimum absolute atomic E-state index is 0.268. The lowest BCUT2D eigenvalue weighted by Crippen LogP contribution is -2.32. The molecule has 18 heavy (non-hydrogen) atoms. The van der Waals surface area contributed by atoms with Crippen LogP contribution in [0.25, 0.3) is 0 Å². The molecule has 0 spiro atoms. The van der Waals surface area contributed by atoms with Crippen molar-refractivity contribution in [1.29, 1.82) is 0 Å². The van der Waals surface area contributed by atoms with Gasteiger partial charge in [-0.25, -0.2) is 0 Å². The van der Waals surface area contributed by atoms with Gasteiger partial charge in [-0.1, -0.05) is 23.7 Å². The van der Waals surface area contributed by atoms with E-state index in [-0.39, 0.29) is 6.04 Å². The second kappa shape index (κ2) is 7.74.